The summed E-state index contributed by atoms with van der Waals surface area (Å²) in [6.07, 6.45) is 12.0. The van der Waals surface area contributed by atoms with E-state index in [-0.39, 0.29) is 11.4 Å². The summed E-state index contributed by atoms with van der Waals surface area (Å²) < 4.78 is 16.1. The normalized spacial score (nSPS) is 13.9. The molecular weight excluding hydrogens is 387 g/mol. The van der Waals surface area contributed by atoms with Crippen LogP contribution in [-0.4, -0.2) is 48.3 Å². The van der Waals surface area contributed by atoms with E-state index in [1.54, 1.807) is 42.1 Å². The predicted octanol–water partition coefficient (Wildman–Crippen LogP) is 2.36. The van der Waals surface area contributed by atoms with Crippen molar-refractivity contribution in [3.63, 3.8) is 0 Å². The zero-order valence-corrected chi connectivity index (χ0v) is 17.4. The average Bonchev–Trinajstić information content (AvgIpc) is 3.35. The van der Waals surface area contributed by atoms with Gasteiger partial charge in [0.15, 0.2) is 11.3 Å². The minimum atomic E-state index is -0.635. The highest BCUT2D eigenvalue weighted by atomic mass is 19.1. The SMILES string of the molecule is CC#CC(=O)N(C)C1CCCCC1.Cn1cc(-c2cn3ncc(F)c3c(=O)[nH]2)cn1. The number of aromatic nitrogens is 5. The minimum absolute atomic E-state index is 0.0330. The van der Waals surface area contributed by atoms with E-state index in [0.29, 0.717) is 11.7 Å². The number of hydrogen-bond acceptors (Lipinski definition) is 4. The molecule has 0 aliphatic heterocycles. The summed E-state index contributed by atoms with van der Waals surface area (Å²) in [6.45, 7) is 1.70. The molecule has 0 spiro atoms. The van der Waals surface area contributed by atoms with Crippen LogP contribution in [0.5, 0.6) is 0 Å². The van der Waals surface area contributed by atoms with E-state index < -0.39 is 11.4 Å². The van der Waals surface area contributed by atoms with Gasteiger partial charge in [-0.15, -0.1) is 0 Å². The van der Waals surface area contributed by atoms with Crippen molar-refractivity contribution < 1.29 is 9.18 Å². The van der Waals surface area contributed by atoms with Crippen molar-refractivity contribution in [2.24, 2.45) is 7.05 Å². The fourth-order valence-corrected chi connectivity index (χ4v) is 3.52. The third kappa shape index (κ3) is 4.76. The van der Waals surface area contributed by atoms with Crippen LogP contribution in [-0.2, 0) is 11.8 Å². The number of carbonyl (C=O) groups is 1. The summed E-state index contributed by atoms with van der Waals surface area (Å²) in [5.41, 5.74) is 0.681. The maximum absolute atomic E-state index is 13.2. The first-order chi connectivity index (χ1) is 14.4. The highest BCUT2D eigenvalue weighted by molar-refractivity contribution is 5.93. The lowest BCUT2D eigenvalue weighted by Gasteiger charge is -2.29. The van der Waals surface area contributed by atoms with Gasteiger partial charge in [-0.1, -0.05) is 25.2 Å². The quantitative estimate of drug-likeness (QED) is 0.655. The molecule has 1 aliphatic carbocycles. The lowest BCUT2D eigenvalue weighted by atomic mass is 9.94. The van der Waals surface area contributed by atoms with E-state index in [2.05, 4.69) is 27.0 Å². The number of H-pyrrole nitrogens is 1. The summed E-state index contributed by atoms with van der Waals surface area (Å²) in [5, 5.41) is 7.77. The second-order valence-electron chi connectivity index (χ2n) is 7.27. The third-order valence-corrected chi connectivity index (χ3v) is 5.16. The largest absolute Gasteiger partial charge is 0.332 e. The topological polar surface area (TPSA) is 88.3 Å². The van der Waals surface area contributed by atoms with Gasteiger partial charge in [0.25, 0.3) is 11.5 Å². The predicted molar refractivity (Wildman–Crippen MR) is 111 cm³/mol. The maximum Gasteiger partial charge on any atom is 0.298 e. The van der Waals surface area contributed by atoms with Gasteiger partial charge in [0, 0.05) is 31.9 Å². The molecule has 0 bridgehead atoms. The first kappa shape index (κ1) is 21.3. The summed E-state index contributed by atoms with van der Waals surface area (Å²) in [6, 6.07) is 0.433. The monoisotopic (exact) mass is 412 g/mol. The van der Waals surface area contributed by atoms with Gasteiger partial charge >= 0.3 is 0 Å². The Balaban J connectivity index is 0.000000178. The van der Waals surface area contributed by atoms with Crippen molar-refractivity contribution in [1.29, 1.82) is 0 Å². The molecule has 3 aromatic heterocycles. The number of carbonyl (C=O) groups excluding carboxylic acids is 1. The molecule has 0 unspecified atom stereocenters. The second-order valence-corrected chi connectivity index (χ2v) is 7.27. The van der Waals surface area contributed by atoms with Crippen LogP contribution in [0.2, 0.25) is 0 Å². The van der Waals surface area contributed by atoms with Crippen LogP contribution in [0.3, 0.4) is 0 Å². The molecule has 1 fully saturated rings. The van der Waals surface area contributed by atoms with Crippen molar-refractivity contribution in [3.8, 4) is 23.1 Å². The Morgan fingerprint density at radius 1 is 1.23 bits per heavy atom. The number of nitrogens with zero attached hydrogens (tertiary/aromatic N) is 5. The number of amides is 1. The summed E-state index contributed by atoms with van der Waals surface area (Å²) in [4.78, 5) is 27.5. The van der Waals surface area contributed by atoms with Gasteiger partial charge < -0.3 is 9.88 Å². The molecule has 1 aliphatic rings. The van der Waals surface area contributed by atoms with Gasteiger partial charge in [-0.3, -0.25) is 14.3 Å². The number of aryl methyl sites for hydroxylation is 1. The molecule has 8 nitrogen and oxygen atoms in total. The number of nitrogens with one attached hydrogen (secondary N) is 1. The molecule has 4 rings (SSSR count). The molecule has 0 atom stereocenters. The molecule has 0 radical (unpaired) electrons. The maximum atomic E-state index is 13.2. The first-order valence-corrected chi connectivity index (χ1v) is 9.85. The summed E-state index contributed by atoms with van der Waals surface area (Å²) in [5.74, 6) is 4.56. The molecule has 30 heavy (non-hydrogen) atoms. The van der Waals surface area contributed by atoms with Crippen molar-refractivity contribution >= 4 is 11.4 Å². The van der Waals surface area contributed by atoms with E-state index in [4.69, 9.17) is 0 Å². The van der Waals surface area contributed by atoms with Gasteiger partial charge in [-0.05, 0) is 25.7 Å². The Bertz CT molecular complexity index is 1140. The van der Waals surface area contributed by atoms with E-state index in [0.717, 1.165) is 24.6 Å². The van der Waals surface area contributed by atoms with Crippen LogP contribution in [0.1, 0.15) is 39.0 Å². The Morgan fingerprint density at radius 2 is 1.97 bits per heavy atom. The van der Waals surface area contributed by atoms with Gasteiger partial charge in [0.05, 0.1) is 24.3 Å². The van der Waals surface area contributed by atoms with E-state index in [1.807, 2.05) is 7.05 Å². The van der Waals surface area contributed by atoms with Crippen LogP contribution in [0, 0.1) is 17.7 Å². The molecule has 158 valence electrons. The van der Waals surface area contributed by atoms with Gasteiger partial charge in [0.1, 0.15) is 0 Å². The Morgan fingerprint density at radius 3 is 2.60 bits per heavy atom. The fourth-order valence-electron chi connectivity index (χ4n) is 3.52. The van der Waals surface area contributed by atoms with Crippen molar-refractivity contribution in [1.82, 2.24) is 29.3 Å². The summed E-state index contributed by atoms with van der Waals surface area (Å²) in [7, 11) is 3.64. The number of rotatable bonds is 2. The third-order valence-electron chi connectivity index (χ3n) is 5.16. The highest BCUT2D eigenvalue weighted by Crippen LogP contribution is 2.21. The lowest BCUT2D eigenvalue weighted by molar-refractivity contribution is -0.126. The van der Waals surface area contributed by atoms with Gasteiger partial charge in [0.2, 0.25) is 0 Å². The van der Waals surface area contributed by atoms with Crippen molar-refractivity contribution in [3.05, 3.63) is 41.0 Å². The molecule has 1 amide bonds. The van der Waals surface area contributed by atoms with Crippen molar-refractivity contribution in [2.75, 3.05) is 7.05 Å². The average molecular weight is 412 g/mol. The molecule has 1 N–H and O–H groups in total. The second kappa shape index (κ2) is 9.39. The molecule has 3 aromatic rings. The Labute approximate surface area is 173 Å². The number of halogens is 1. The van der Waals surface area contributed by atoms with Crippen LogP contribution in [0.4, 0.5) is 4.39 Å². The molecule has 1 saturated carbocycles. The van der Waals surface area contributed by atoms with Gasteiger partial charge in [-0.25, -0.2) is 8.91 Å². The lowest BCUT2D eigenvalue weighted by Crippen LogP contribution is -2.37. The Hall–Kier alpha value is -3.41. The number of hydrogen-bond donors (Lipinski definition) is 1. The smallest absolute Gasteiger partial charge is 0.298 e. The number of fused-ring (bicyclic) bond motifs is 1. The van der Waals surface area contributed by atoms with E-state index in [1.165, 1.54) is 23.8 Å². The molecular formula is C21H25FN6O2. The Kier molecular flexibility index (Phi) is 6.67. The van der Waals surface area contributed by atoms with Crippen LogP contribution in [0.25, 0.3) is 16.8 Å². The van der Waals surface area contributed by atoms with E-state index >= 15 is 0 Å². The molecule has 3 heterocycles. The molecule has 0 saturated heterocycles. The standard InChI is InChI=1S/C11H17NO.C10H8FN5O/c1-3-7-11(13)12(2)10-8-5-4-6-9-10;1-15-4-6(2-12-15)8-5-16-9(10(17)14-8)7(11)3-13-16/h10H,4-6,8-9H2,1-2H3;2-5H,1H3,(H,14,17). The van der Waals surface area contributed by atoms with Crippen molar-refractivity contribution in [2.45, 2.75) is 45.1 Å². The zero-order chi connectivity index (χ0) is 21.7. The highest BCUT2D eigenvalue weighted by Gasteiger charge is 2.20. The summed E-state index contributed by atoms with van der Waals surface area (Å²) >= 11 is 0. The fraction of sp³-hybridized carbons (Fsp3) is 0.429. The van der Waals surface area contributed by atoms with Crippen LogP contribution < -0.4 is 5.56 Å². The van der Waals surface area contributed by atoms with E-state index in [9.17, 15) is 14.0 Å². The van der Waals surface area contributed by atoms with Crippen LogP contribution in [0.15, 0.2) is 29.6 Å². The molecule has 9 heteroatoms. The number of aromatic amines is 1. The zero-order valence-electron chi connectivity index (χ0n) is 17.4. The van der Waals surface area contributed by atoms with Gasteiger partial charge in [-0.2, -0.15) is 10.2 Å². The molecule has 0 aromatic carbocycles. The first-order valence-electron chi connectivity index (χ1n) is 9.85. The van der Waals surface area contributed by atoms with Crippen LogP contribution >= 0.6 is 0 Å². The minimum Gasteiger partial charge on any atom is -0.332 e.